The zero-order valence-corrected chi connectivity index (χ0v) is 12.6. The van der Waals surface area contributed by atoms with Crippen molar-refractivity contribution in [2.75, 3.05) is 18.9 Å². The van der Waals surface area contributed by atoms with E-state index in [1.165, 1.54) is 0 Å². The Labute approximate surface area is 116 Å². The van der Waals surface area contributed by atoms with E-state index in [2.05, 4.69) is 38.0 Å². The molecule has 1 aromatic heterocycles. The molecule has 1 heterocycles. The zero-order valence-electron chi connectivity index (χ0n) is 12.6. The SMILES string of the molecule is CCCNc1ccnc(C(=O)N(C)C(C)C(C)C)c1. The molecule has 0 saturated carbocycles. The van der Waals surface area contributed by atoms with Crippen molar-refractivity contribution in [2.45, 2.75) is 40.2 Å². The quantitative estimate of drug-likeness (QED) is 0.858. The largest absolute Gasteiger partial charge is 0.385 e. The Balaban J connectivity index is 2.81. The van der Waals surface area contributed by atoms with Gasteiger partial charge < -0.3 is 10.2 Å². The minimum absolute atomic E-state index is 0.0265. The zero-order chi connectivity index (χ0) is 14.4. The van der Waals surface area contributed by atoms with E-state index in [-0.39, 0.29) is 11.9 Å². The van der Waals surface area contributed by atoms with E-state index < -0.39 is 0 Å². The minimum Gasteiger partial charge on any atom is -0.385 e. The summed E-state index contributed by atoms with van der Waals surface area (Å²) >= 11 is 0. The number of carbonyl (C=O) groups is 1. The summed E-state index contributed by atoms with van der Waals surface area (Å²) in [5.74, 6) is 0.400. The van der Waals surface area contributed by atoms with E-state index in [1.807, 2.05) is 19.2 Å². The van der Waals surface area contributed by atoms with Crippen molar-refractivity contribution in [1.29, 1.82) is 0 Å². The van der Waals surface area contributed by atoms with Gasteiger partial charge in [0.15, 0.2) is 0 Å². The molecular weight excluding hydrogens is 238 g/mol. The predicted octanol–water partition coefficient (Wildman–Crippen LogP) is 3.02. The number of pyridine rings is 1. The van der Waals surface area contributed by atoms with E-state index in [4.69, 9.17) is 0 Å². The van der Waals surface area contributed by atoms with Crippen molar-refractivity contribution in [1.82, 2.24) is 9.88 Å². The molecule has 0 aliphatic carbocycles. The van der Waals surface area contributed by atoms with E-state index in [9.17, 15) is 4.79 Å². The average molecular weight is 263 g/mol. The number of nitrogens with zero attached hydrogens (tertiary/aromatic N) is 2. The number of aromatic nitrogens is 1. The summed E-state index contributed by atoms with van der Waals surface area (Å²) in [5, 5.41) is 3.27. The molecule has 0 radical (unpaired) electrons. The van der Waals surface area contributed by atoms with Crippen molar-refractivity contribution >= 4 is 11.6 Å². The van der Waals surface area contributed by atoms with Crippen LogP contribution in [0.4, 0.5) is 5.69 Å². The number of nitrogens with one attached hydrogen (secondary N) is 1. The molecule has 1 rings (SSSR count). The van der Waals surface area contributed by atoms with Crippen LogP contribution in [0.5, 0.6) is 0 Å². The second kappa shape index (κ2) is 7.12. The van der Waals surface area contributed by atoms with Gasteiger partial charge in [0.1, 0.15) is 5.69 Å². The van der Waals surface area contributed by atoms with E-state index >= 15 is 0 Å². The first-order valence-corrected chi connectivity index (χ1v) is 6.94. The first-order valence-electron chi connectivity index (χ1n) is 6.94. The Bertz CT molecular complexity index is 418. The fraction of sp³-hybridized carbons (Fsp3) is 0.600. The van der Waals surface area contributed by atoms with Gasteiger partial charge in [0.25, 0.3) is 5.91 Å². The van der Waals surface area contributed by atoms with Gasteiger partial charge in [0, 0.05) is 31.5 Å². The third-order valence-corrected chi connectivity index (χ3v) is 3.45. The molecule has 0 aliphatic rings. The monoisotopic (exact) mass is 263 g/mol. The fourth-order valence-electron chi connectivity index (χ4n) is 1.74. The summed E-state index contributed by atoms with van der Waals surface area (Å²) in [6, 6.07) is 3.90. The van der Waals surface area contributed by atoms with Crippen molar-refractivity contribution in [3.63, 3.8) is 0 Å². The van der Waals surface area contributed by atoms with Crippen LogP contribution < -0.4 is 5.32 Å². The van der Waals surface area contributed by atoms with Crippen LogP contribution in [-0.4, -0.2) is 35.4 Å². The molecule has 1 atom stereocenters. The van der Waals surface area contributed by atoms with Crippen LogP contribution >= 0.6 is 0 Å². The van der Waals surface area contributed by atoms with E-state index in [0.29, 0.717) is 11.6 Å². The lowest BCUT2D eigenvalue weighted by Crippen LogP contribution is -2.38. The minimum atomic E-state index is -0.0265. The predicted molar refractivity (Wildman–Crippen MR) is 79.4 cm³/mol. The maximum atomic E-state index is 12.4. The molecule has 0 aromatic carbocycles. The summed E-state index contributed by atoms with van der Waals surface area (Å²) < 4.78 is 0. The molecule has 0 bridgehead atoms. The van der Waals surface area contributed by atoms with Crippen LogP contribution in [0.1, 0.15) is 44.6 Å². The topological polar surface area (TPSA) is 45.2 Å². The highest BCUT2D eigenvalue weighted by atomic mass is 16.2. The second-order valence-electron chi connectivity index (χ2n) is 5.26. The summed E-state index contributed by atoms with van der Waals surface area (Å²) in [6.07, 6.45) is 2.73. The van der Waals surface area contributed by atoms with Gasteiger partial charge in [-0.15, -0.1) is 0 Å². The number of hydrogen-bond donors (Lipinski definition) is 1. The van der Waals surface area contributed by atoms with E-state index in [0.717, 1.165) is 18.7 Å². The highest BCUT2D eigenvalue weighted by molar-refractivity contribution is 5.93. The summed E-state index contributed by atoms with van der Waals surface area (Å²) in [6.45, 7) is 9.29. The molecule has 1 amide bonds. The van der Waals surface area contributed by atoms with Crippen molar-refractivity contribution in [3.05, 3.63) is 24.0 Å². The first kappa shape index (κ1) is 15.5. The Hall–Kier alpha value is -1.58. The highest BCUT2D eigenvalue weighted by Gasteiger charge is 2.20. The molecule has 1 aromatic rings. The standard InChI is InChI=1S/C15H25N3O/c1-6-8-16-13-7-9-17-14(10-13)15(19)18(5)12(4)11(2)3/h7,9-12H,6,8H2,1-5H3,(H,16,17). The molecule has 1 N–H and O–H groups in total. The maximum absolute atomic E-state index is 12.4. The van der Waals surface area contributed by atoms with Crippen LogP contribution in [0.25, 0.3) is 0 Å². The molecule has 4 nitrogen and oxygen atoms in total. The molecule has 0 aliphatic heterocycles. The Morgan fingerprint density at radius 2 is 2.11 bits per heavy atom. The van der Waals surface area contributed by atoms with Gasteiger partial charge in [-0.05, 0) is 31.4 Å². The lowest BCUT2D eigenvalue weighted by Gasteiger charge is -2.27. The van der Waals surface area contributed by atoms with Crippen LogP contribution in [0.2, 0.25) is 0 Å². The molecule has 1 unspecified atom stereocenters. The average Bonchev–Trinajstić information content (AvgIpc) is 2.42. The smallest absolute Gasteiger partial charge is 0.272 e. The summed E-state index contributed by atoms with van der Waals surface area (Å²) in [4.78, 5) is 18.3. The van der Waals surface area contributed by atoms with Gasteiger partial charge in [-0.1, -0.05) is 20.8 Å². The number of hydrogen-bond acceptors (Lipinski definition) is 3. The van der Waals surface area contributed by atoms with Gasteiger partial charge in [-0.2, -0.15) is 0 Å². The number of amides is 1. The molecular formula is C15H25N3O. The number of carbonyl (C=O) groups excluding carboxylic acids is 1. The van der Waals surface area contributed by atoms with Crippen LogP contribution in [0.15, 0.2) is 18.3 Å². The first-order chi connectivity index (χ1) is 8.97. The Morgan fingerprint density at radius 1 is 1.42 bits per heavy atom. The summed E-state index contributed by atoms with van der Waals surface area (Å²) in [5.41, 5.74) is 1.45. The van der Waals surface area contributed by atoms with Gasteiger partial charge in [-0.3, -0.25) is 9.78 Å². The molecule has 19 heavy (non-hydrogen) atoms. The highest BCUT2D eigenvalue weighted by Crippen LogP contribution is 2.14. The van der Waals surface area contributed by atoms with Crippen LogP contribution in [-0.2, 0) is 0 Å². The van der Waals surface area contributed by atoms with Crippen molar-refractivity contribution in [3.8, 4) is 0 Å². The van der Waals surface area contributed by atoms with Crippen LogP contribution in [0.3, 0.4) is 0 Å². The van der Waals surface area contributed by atoms with Crippen LogP contribution in [0, 0.1) is 5.92 Å². The van der Waals surface area contributed by atoms with Crippen molar-refractivity contribution < 1.29 is 4.79 Å². The second-order valence-corrected chi connectivity index (χ2v) is 5.26. The third-order valence-electron chi connectivity index (χ3n) is 3.45. The maximum Gasteiger partial charge on any atom is 0.272 e. The van der Waals surface area contributed by atoms with Gasteiger partial charge in [-0.25, -0.2) is 0 Å². The van der Waals surface area contributed by atoms with Gasteiger partial charge >= 0.3 is 0 Å². The molecule has 4 heteroatoms. The third kappa shape index (κ3) is 4.23. The Morgan fingerprint density at radius 3 is 2.68 bits per heavy atom. The fourth-order valence-corrected chi connectivity index (χ4v) is 1.74. The van der Waals surface area contributed by atoms with E-state index in [1.54, 1.807) is 11.1 Å². The normalized spacial score (nSPS) is 12.3. The lowest BCUT2D eigenvalue weighted by atomic mass is 10.0. The Kier molecular flexibility index (Phi) is 5.80. The molecule has 0 spiro atoms. The molecule has 0 fully saturated rings. The van der Waals surface area contributed by atoms with Crippen molar-refractivity contribution in [2.24, 2.45) is 5.92 Å². The lowest BCUT2D eigenvalue weighted by molar-refractivity contribution is 0.0701. The molecule has 106 valence electrons. The summed E-state index contributed by atoms with van der Waals surface area (Å²) in [7, 11) is 1.83. The molecule has 0 saturated heterocycles. The van der Waals surface area contributed by atoms with Gasteiger partial charge in [0.05, 0.1) is 0 Å². The van der Waals surface area contributed by atoms with Gasteiger partial charge in [0.2, 0.25) is 0 Å². The number of anilines is 1. The number of rotatable bonds is 6.